The molecule has 0 aromatic carbocycles. The Hall–Kier alpha value is -1.81. The smallest absolute Gasteiger partial charge is 0.252 e. The number of likely N-dealkylation sites (tertiary alicyclic amines) is 1. The number of hydrogen-bond acceptors (Lipinski definition) is 6. The number of hydrogen-bond donors (Lipinski definition) is 0. The second-order valence-corrected chi connectivity index (χ2v) is 9.87. The first-order valence-corrected chi connectivity index (χ1v) is 11.3. The summed E-state index contributed by atoms with van der Waals surface area (Å²) < 4.78 is 27.2. The number of piperazine rings is 1. The Balaban J connectivity index is 1.35. The van der Waals surface area contributed by atoms with Crippen LogP contribution in [0.2, 0.25) is 0 Å². The van der Waals surface area contributed by atoms with E-state index in [2.05, 4.69) is 9.88 Å². The lowest BCUT2D eigenvalue weighted by Gasteiger charge is -2.36. The molecule has 0 saturated carbocycles. The fraction of sp³-hybridized carbons (Fsp3) is 0.444. The predicted molar refractivity (Wildman–Crippen MR) is 103 cm³/mol. The number of amides is 1. The molecular weight excluding hydrogens is 384 g/mol. The van der Waals surface area contributed by atoms with E-state index in [-0.39, 0.29) is 11.9 Å². The molecule has 2 aliphatic rings. The molecule has 144 valence electrons. The van der Waals surface area contributed by atoms with E-state index in [1.165, 1.54) is 15.6 Å². The Bertz CT molecular complexity index is 879. The van der Waals surface area contributed by atoms with Crippen LogP contribution in [-0.4, -0.2) is 72.2 Å². The number of carbonyl (C=O) groups is 1. The summed E-state index contributed by atoms with van der Waals surface area (Å²) in [6, 6.07) is 8.95. The van der Waals surface area contributed by atoms with Crippen molar-refractivity contribution in [3.8, 4) is 0 Å². The molecule has 0 radical (unpaired) electrons. The zero-order valence-electron chi connectivity index (χ0n) is 14.9. The van der Waals surface area contributed by atoms with Gasteiger partial charge in [0.25, 0.3) is 10.0 Å². The van der Waals surface area contributed by atoms with Crippen LogP contribution < -0.4 is 0 Å². The number of pyridine rings is 1. The van der Waals surface area contributed by atoms with Gasteiger partial charge in [-0.05, 0) is 30.0 Å². The third-order valence-corrected chi connectivity index (χ3v) is 8.42. The van der Waals surface area contributed by atoms with Crippen LogP contribution in [0.3, 0.4) is 0 Å². The fourth-order valence-corrected chi connectivity index (χ4v) is 6.27. The molecule has 2 aromatic heterocycles. The van der Waals surface area contributed by atoms with Crippen molar-refractivity contribution < 1.29 is 13.2 Å². The van der Waals surface area contributed by atoms with Crippen molar-refractivity contribution in [1.29, 1.82) is 0 Å². The molecule has 4 heterocycles. The van der Waals surface area contributed by atoms with Crippen LogP contribution in [0.25, 0.3) is 0 Å². The van der Waals surface area contributed by atoms with Crippen molar-refractivity contribution in [3.05, 3.63) is 47.6 Å². The lowest BCUT2D eigenvalue weighted by Crippen LogP contribution is -2.53. The minimum atomic E-state index is -3.41. The van der Waals surface area contributed by atoms with Gasteiger partial charge >= 0.3 is 0 Å². The molecule has 7 nitrogen and oxygen atoms in total. The predicted octanol–water partition coefficient (Wildman–Crippen LogP) is 1.25. The molecular formula is C18H22N4O3S2. The second-order valence-electron chi connectivity index (χ2n) is 6.76. The normalized spacial score (nSPS) is 22.4. The van der Waals surface area contributed by atoms with E-state index >= 15 is 0 Å². The van der Waals surface area contributed by atoms with E-state index in [9.17, 15) is 13.2 Å². The first-order chi connectivity index (χ1) is 13.1. The van der Waals surface area contributed by atoms with Gasteiger partial charge < -0.3 is 4.90 Å². The maximum absolute atomic E-state index is 12.8. The van der Waals surface area contributed by atoms with Gasteiger partial charge in [0.15, 0.2) is 0 Å². The first kappa shape index (κ1) is 18.5. The SMILES string of the molecule is O=C1C(N2CCN(S(=O)(=O)c3cccs3)CC2)CCN1Cc1ccccn1. The molecule has 0 aliphatic carbocycles. The number of carbonyl (C=O) groups excluding carboxylic acids is 1. The number of nitrogens with zero attached hydrogens (tertiary/aromatic N) is 4. The van der Waals surface area contributed by atoms with E-state index in [1.807, 2.05) is 23.1 Å². The van der Waals surface area contributed by atoms with E-state index in [4.69, 9.17) is 0 Å². The number of thiophene rings is 1. The van der Waals surface area contributed by atoms with Crippen LogP contribution >= 0.6 is 11.3 Å². The average molecular weight is 407 g/mol. The van der Waals surface area contributed by atoms with Crippen molar-refractivity contribution in [2.75, 3.05) is 32.7 Å². The molecule has 0 N–H and O–H groups in total. The first-order valence-electron chi connectivity index (χ1n) is 9.02. The fourth-order valence-electron chi connectivity index (χ4n) is 3.70. The summed E-state index contributed by atoms with van der Waals surface area (Å²) in [6.07, 6.45) is 2.52. The topological polar surface area (TPSA) is 73.8 Å². The minimum absolute atomic E-state index is 0.121. The maximum Gasteiger partial charge on any atom is 0.252 e. The molecule has 9 heteroatoms. The summed E-state index contributed by atoms with van der Waals surface area (Å²) in [5, 5.41) is 1.77. The van der Waals surface area contributed by atoms with Gasteiger partial charge in [-0.2, -0.15) is 4.31 Å². The quantitative estimate of drug-likeness (QED) is 0.747. The highest BCUT2D eigenvalue weighted by molar-refractivity contribution is 7.91. The highest BCUT2D eigenvalue weighted by Crippen LogP contribution is 2.25. The highest BCUT2D eigenvalue weighted by atomic mass is 32.2. The Morgan fingerprint density at radius 1 is 1.07 bits per heavy atom. The molecule has 2 saturated heterocycles. The van der Waals surface area contributed by atoms with Crippen molar-refractivity contribution in [3.63, 3.8) is 0 Å². The third kappa shape index (κ3) is 3.77. The van der Waals surface area contributed by atoms with Gasteiger partial charge in [0.2, 0.25) is 5.91 Å². The maximum atomic E-state index is 12.8. The number of aromatic nitrogens is 1. The van der Waals surface area contributed by atoms with E-state index in [1.54, 1.807) is 23.7 Å². The van der Waals surface area contributed by atoms with Gasteiger partial charge in [0.1, 0.15) is 4.21 Å². The molecule has 0 bridgehead atoms. The van der Waals surface area contributed by atoms with Crippen LogP contribution in [0, 0.1) is 0 Å². The molecule has 2 aliphatic heterocycles. The van der Waals surface area contributed by atoms with E-state index in [0.717, 1.165) is 12.1 Å². The summed E-state index contributed by atoms with van der Waals surface area (Å²) in [4.78, 5) is 21.1. The van der Waals surface area contributed by atoms with Gasteiger partial charge in [-0.3, -0.25) is 14.7 Å². The monoisotopic (exact) mass is 406 g/mol. The third-order valence-electron chi connectivity index (χ3n) is 5.15. The van der Waals surface area contributed by atoms with Crippen molar-refractivity contribution in [2.45, 2.75) is 23.2 Å². The zero-order valence-corrected chi connectivity index (χ0v) is 16.5. The van der Waals surface area contributed by atoms with Crippen molar-refractivity contribution >= 4 is 27.3 Å². The second kappa shape index (κ2) is 7.67. The van der Waals surface area contributed by atoms with E-state index < -0.39 is 10.0 Å². The Labute approximate surface area is 163 Å². The lowest BCUT2D eigenvalue weighted by atomic mass is 10.2. The van der Waals surface area contributed by atoms with Crippen LogP contribution in [-0.2, 0) is 21.4 Å². The molecule has 1 amide bonds. The summed E-state index contributed by atoms with van der Waals surface area (Å²) in [7, 11) is -3.41. The lowest BCUT2D eigenvalue weighted by molar-refractivity contribution is -0.133. The molecule has 0 spiro atoms. The van der Waals surface area contributed by atoms with Crippen LogP contribution in [0.15, 0.2) is 46.1 Å². The molecule has 1 unspecified atom stereocenters. The van der Waals surface area contributed by atoms with Gasteiger partial charge in [-0.25, -0.2) is 8.42 Å². The van der Waals surface area contributed by atoms with Gasteiger partial charge in [0.05, 0.1) is 18.3 Å². The van der Waals surface area contributed by atoms with Crippen molar-refractivity contribution in [2.24, 2.45) is 0 Å². The molecule has 27 heavy (non-hydrogen) atoms. The summed E-state index contributed by atoms with van der Waals surface area (Å²) in [5.74, 6) is 0.121. The van der Waals surface area contributed by atoms with Gasteiger partial charge in [-0.15, -0.1) is 11.3 Å². The molecule has 2 aromatic rings. The average Bonchev–Trinajstić information content (AvgIpc) is 3.34. The zero-order chi connectivity index (χ0) is 18.9. The summed E-state index contributed by atoms with van der Waals surface area (Å²) in [5.41, 5.74) is 0.887. The standard InChI is InChI=1S/C18H22N4O3S2/c23-18-16(6-8-21(18)14-15-4-1-2-7-19-15)20-9-11-22(12-10-20)27(24,25)17-5-3-13-26-17/h1-5,7,13,16H,6,8-12,14H2. The largest absolute Gasteiger partial charge is 0.335 e. The summed E-state index contributed by atoms with van der Waals surface area (Å²) >= 11 is 1.24. The highest BCUT2D eigenvalue weighted by Gasteiger charge is 2.39. The number of rotatable bonds is 5. The van der Waals surface area contributed by atoms with E-state index in [0.29, 0.717) is 43.5 Å². The van der Waals surface area contributed by atoms with Crippen LogP contribution in [0.5, 0.6) is 0 Å². The van der Waals surface area contributed by atoms with Gasteiger partial charge in [-0.1, -0.05) is 12.1 Å². The van der Waals surface area contributed by atoms with Crippen LogP contribution in [0.4, 0.5) is 0 Å². The number of sulfonamides is 1. The molecule has 1 atom stereocenters. The minimum Gasteiger partial charge on any atom is -0.335 e. The van der Waals surface area contributed by atoms with Crippen molar-refractivity contribution in [1.82, 2.24) is 19.1 Å². The summed E-state index contributed by atoms with van der Waals surface area (Å²) in [6.45, 7) is 3.25. The van der Waals surface area contributed by atoms with Gasteiger partial charge in [0, 0.05) is 38.9 Å². The Morgan fingerprint density at radius 3 is 2.56 bits per heavy atom. The Kier molecular flexibility index (Phi) is 5.27. The molecule has 2 fully saturated rings. The Morgan fingerprint density at radius 2 is 1.89 bits per heavy atom. The molecule has 4 rings (SSSR count). The van der Waals surface area contributed by atoms with Crippen LogP contribution in [0.1, 0.15) is 12.1 Å².